The van der Waals surface area contributed by atoms with Crippen molar-refractivity contribution >= 4 is 35.9 Å². The van der Waals surface area contributed by atoms with Crippen molar-refractivity contribution in [3.63, 3.8) is 0 Å². The summed E-state index contributed by atoms with van der Waals surface area (Å²) in [5.74, 6) is 0. The molecule has 0 fully saturated rings. The highest BCUT2D eigenvalue weighted by Crippen LogP contribution is 2.22. The molecule has 0 amide bonds. The van der Waals surface area contributed by atoms with Gasteiger partial charge in [0.2, 0.25) is 0 Å². The Balaban J connectivity index is 3.18. The van der Waals surface area contributed by atoms with Crippen LogP contribution in [-0.4, -0.2) is 7.85 Å². The van der Waals surface area contributed by atoms with Crippen molar-refractivity contribution in [2.45, 2.75) is 26.2 Å². The zero-order valence-corrected chi connectivity index (χ0v) is 10.3. The average molecular weight is 272 g/mol. The monoisotopic (exact) mass is 272 g/mol. The molecular weight excluding hydrogens is 258 g/mol. The molecule has 0 radical (unpaired) electrons. The van der Waals surface area contributed by atoms with Gasteiger partial charge in [0.1, 0.15) is 7.85 Å². The van der Waals surface area contributed by atoms with Gasteiger partial charge in [-0.1, -0.05) is 38.4 Å². The highest BCUT2D eigenvalue weighted by Gasteiger charge is 2.13. The second kappa shape index (κ2) is 3.40. The molecule has 0 aliphatic rings. The van der Waals surface area contributed by atoms with Gasteiger partial charge >= 0.3 is 0 Å². The Morgan fingerprint density at radius 2 is 1.75 bits per heavy atom. The minimum atomic E-state index is 0.270. The first-order valence-electron chi connectivity index (χ1n) is 4.17. The van der Waals surface area contributed by atoms with E-state index in [0.29, 0.717) is 0 Å². The fraction of sp³-hybridized carbons (Fsp3) is 0.400. The molecule has 0 atom stereocenters. The van der Waals surface area contributed by atoms with Crippen LogP contribution in [0, 0.1) is 3.57 Å². The van der Waals surface area contributed by atoms with E-state index in [0.717, 1.165) is 0 Å². The summed E-state index contributed by atoms with van der Waals surface area (Å²) < 4.78 is 1.33. The normalized spacial score (nSPS) is 11.7. The molecule has 1 aromatic rings. The van der Waals surface area contributed by atoms with E-state index in [2.05, 4.69) is 69.4 Å². The summed E-state index contributed by atoms with van der Waals surface area (Å²) in [5, 5.41) is 0. The molecule has 0 spiro atoms. The summed E-state index contributed by atoms with van der Waals surface area (Å²) in [6, 6.07) is 6.73. The zero-order chi connectivity index (χ0) is 9.35. The SMILES string of the molecule is Bc1cc(I)cc(C(C)(C)C)c1. The minimum Gasteiger partial charge on any atom is -0.0876 e. The van der Waals surface area contributed by atoms with Gasteiger partial charge in [0.05, 0.1) is 0 Å². The first kappa shape index (κ1) is 10.1. The van der Waals surface area contributed by atoms with E-state index in [1.165, 1.54) is 14.6 Å². The molecule has 0 saturated heterocycles. The molecule has 2 heteroatoms. The third-order valence-electron chi connectivity index (χ3n) is 1.91. The van der Waals surface area contributed by atoms with E-state index < -0.39 is 0 Å². The molecule has 0 N–H and O–H groups in total. The van der Waals surface area contributed by atoms with Crippen molar-refractivity contribution in [1.29, 1.82) is 0 Å². The highest BCUT2D eigenvalue weighted by atomic mass is 127. The van der Waals surface area contributed by atoms with Gasteiger partial charge in [0.25, 0.3) is 0 Å². The van der Waals surface area contributed by atoms with Gasteiger partial charge in [0.15, 0.2) is 0 Å². The molecule has 0 saturated carbocycles. The number of benzene rings is 1. The predicted molar refractivity (Wildman–Crippen MR) is 66.0 cm³/mol. The molecule has 0 bridgehead atoms. The Hall–Kier alpha value is 0.0149. The summed E-state index contributed by atoms with van der Waals surface area (Å²) in [5.41, 5.74) is 3.05. The van der Waals surface area contributed by atoms with Gasteiger partial charge in [0, 0.05) is 3.57 Å². The first-order valence-corrected chi connectivity index (χ1v) is 5.25. The van der Waals surface area contributed by atoms with Crippen LogP contribution in [0.4, 0.5) is 0 Å². The first-order chi connectivity index (χ1) is 5.39. The second-order valence-electron chi connectivity index (χ2n) is 4.27. The van der Waals surface area contributed by atoms with Crippen LogP contribution in [0.3, 0.4) is 0 Å². The summed E-state index contributed by atoms with van der Waals surface area (Å²) in [6.07, 6.45) is 0. The van der Waals surface area contributed by atoms with E-state index >= 15 is 0 Å². The topological polar surface area (TPSA) is 0 Å². The van der Waals surface area contributed by atoms with Crippen LogP contribution in [0.15, 0.2) is 18.2 Å². The van der Waals surface area contributed by atoms with Crippen molar-refractivity contribution in [2.75, 3.05) is 0 Å². The van der Waals surface area contributed by atoms with E-state index in [1.807, 2.05) is 0 Å². The fourth-order valence-corrected chi connectivity index (χ4v) is 2.00. The van der Waals surface area contributed by atoms with Gasteiger partial charge in [-0.25, -0.2) is 0 Å². The van der Waals surface area contributed by atoms with Gasteiger partial charge in [-0.2, -0.15) is 0 Å². The van der Waals surface area contributed by atoms with Crippen LogP contribution in [0.25, 0.3) is 0 Å². The molecule has 12 heavy (non-hydrogen) atoms. The van der Waals surface area contributed by atoms with Gasteiger partial charge < -0.3 is 0 Å². The summed E-state index contributed by atoms with van der Waals surface area (Å²) in [6.45, 7) is 6.74. The Morgan fingerprint density at radius 3 is 2.17 bits per heavy atom. The third-order valence-corrected chi connectivity index (χ3v) is 2.53. The largest absolute Gasteiger partial charge is 0.139 e. The summed E-state index contributed by atoms with van der Waals surface area (Å²) in [7, 11) is 2.15. The van der Waals surface area contributed by atoms with Gasteiger partial charge in [-0.15, -0.1) is 0 Å². The second-order valence-corrected chi connectivity index (χ2v) is 5.51. The van der Waals surface area contributed by atoms with Crippen LogP contribution in [0.1, 0.15) is 26.3 Å². The maximum atomic E-state index is 2.37. The van der Waals surface area contributed by atoms with Crippen molar-refractivity contribution < 1.29 is 0 Å². The van der Waals surface area contributed by atoms with Gasteiger partial charge in [-0.05, 0) is 39.6 Å². The number of halogens is 1. The van der Waals surface area contributed by atoms with Crippen molar-refractivity contribution in [3.05, 3.63) is 27.3 Å². The predicted octanol–water partition coefficient (Wildman–Crippen LogP) is 1.85. The molecular formula is C10H14BI. The lowest BCUT2D eigenvalue weighted by atomic mass is 9.83. The molecule has 0 nitrogen and oxygen atoms in total. The Morgan fingerprint density at radius 1 is 1.17 bits per heavy atom. The van der Waals surface area contributed by atoms with Crippen molar-refractivity contribution in [1.82, 2.24) is 0 Å². The Bertz CT molecular complexity index is 266. The molecule has 0 aromatic heterocycles. The van der Waals surface area contributed by atoms with E-state index in [1.54, 1.807) is 0 Å². The van der Waals surface area contributed by atoms with E-state index in [-0.39, 0.29) is 5.41 Å². The average Bonchev–Trinajstić information content (AvgIpc) is 1.82. The highest BCUT2D eigenvalue weighted by molar-refractivity contribution is 14.1. The maximum Gasteiger partial charge on any atom is 0.139 e. The van der Waals surface area contributed by atoms with E-state index in [9.17, 15) is 0 Å². The number of hydrogen-bond acceptors (Lipinski definition) is 0. The lowest BCUT2D eigenvalue weighted by molar-refractivity contribution is 0.590. The lowest BCUT2D eigenvalue weighted by Crippen LogP contribution is -2.15. The van der Waals surface area contributed by atoms with E-state index in [4.69, 9.17) is 0 Å². The van der Waals surface area contributed by atoms with Crippen LogP contribution in [-0.2, 0) is 5.41 Å². The summed E-state index contributed by atoms with van der Waals surface area (Å²) in [4.78, 5) is 0. The third kappa shape index (κ3) is 2.51. The molecule has 0 aliphatic carbocycles. The standard InChI is InChI=1S/C10H14BI/c1-10(2,3)7-4-8(11)6-9(12)5-7/h4-6H,11H2,1-3H3. The smallest absolute Gasteiger partial charge is 0.0876 e. The number of rotatable bonds is 0. The Kier molecular flexibility index (Phi) is 2.86. The molecule has 0 aliphatic heterocycles. The quantitative estimate of drug-likeness (QED) is 0.499. The van der Waals surface area contributed by atoms with Crippen molar-refractivity contribution in [3.8, 4) is 0 Å². The zero-order valence-electron chi connectivity index (χ0n) is 8.11. The molecule has 64 valence electrons. The molecule has 1 rings (SSSR count). The minimum absolute atomic E-state index is 0.270. The number of hydrogen-bond donors (Lipinski definition) is 0. The molecule has 1 aromatic carbocycles. The lowest BCUT2D eigenvalue weighted by Gasteiger charge is -2.19. The van der Waals surface area contributed by atoms with Crippen LogP contribution in [0.5, 0.6) is 0 Å². The summed E-state index contributed by atoms with van der Waals surface area (Å²) >= 11 is 2.37. The molecule has 0 unspecified atom stereocenters. The van der Waals surface area contributed by atoms with Gasteiger partial charge in [-0.3, -0.25) is 0 Å². The van der Waals surface area contributed by atoms with Crippen molar-refractivity contribution in [2.24, 2.45) is 0 Å². The van der Waals surface area contributed by atoms with Crippen LogP contribution in [0.2, 0.25) is 0 Å². The maximum absolute atomic E-state index is 2.37. The van der Waals surface area contributed by atoms with Crippen LogP contribution < -0.4 is 5.46 Å². The van der Waals surface area contributed by atoms with Crippen LogP contribution >= 0.6 is 22.6 Å². The fourth-order valence-electron chi connectivity index (χ4n) is 1.17. The molecule has 0 heterocycles. The Labute approximate surface area is 89.3 Å².